The van der Waals surface area contributed by atoms with Crippen molar-refractivity contribution in [1.29, 1.82) is 0 Å². The Morgan fingerprint density at radius 1 is 0.708 bits per heavy atom. The van der Waals surface area contributed by atoms with Gasteiger partial charge in [-0.25, -0.2) is 0 Å². The predicted octanol–water partition coefficient (Wildman–Crippen LogP) is -0.639. The summed E-state index contributed by atoms with van der Waals surface area (Å²) in [5.41, 5.74) is 5.80. The molecule has 0 amide bonds. The van der Waals surface area contributed by atoms with Gasteiger partial charge in [-0.2, -0.15) is 0 Å². The van der Waals surface area contributed by atoms with E-state index in [4.69, 9.17) is 4.21 Å². The van der Waals surface area contributed by atoms with Gasteiger partial charge in [0.2, 0.25) is 0 Å². The van der Waals surface area contributed by atoms with Crippen molar-refractivity contribution in [2.45, 2.75) is 25.7 Å². The number of hydrogen-bond donors (Lipinski definition) is 0. The molecule has 3 heteroatoms. The molecule has 0 fully saturated rings. The standard InChI is InChI=1S/2C10H9.CH2.2ClH.Zr/c2*1-8-6-7-9-4-2-3-5-10(8)9;;;;/h2*2-5,7-8H,1H3;1H2;2*1H;/q;;;;;+2/p-2/t2*8-;;;;/m10..../s1. The first kappa shape index (κ1) is 19.6. The van der Waals surface area contributed by atoms with E-state index in [9.17, 15) is 0 Å². The van der Waals surface area contributed by atoms with Crippen LogP contribution in [0.3, 0.4) is 0 Å². The average molecular weight is 435 g/mol. The molecule has 0 N–H and O–H groups in total. The molecule has 0 aliphatic heterocycles. The van der Waals surface area contributed by atoms with E-state index in [2.05, 4.69) is 74.5 Å². The van der Waals surface area contributed by atoms with Gasteiger partial charge in [0, 0.05) is 0 Å². The molecule has 0 heterocycles. The Labute approximate surface area is 164 Å². The van der Waals surface area contributed by atoms with Crippen LogP contribution in [-0.4, -0.2) is 4.21 Å². The largest absolute Gasteiger partial charge is 1.00 e. The van der Waals surface area contributed by atoms with Crippen molar-refractivity contribution in [1.82, 2.24) is 0 Å². The minimum absolute atomic E-state index is 0. The topological polar surface area (TPSA) is 0 Å². The summed E-state index contributed by atoms with van der Waals surface area (Å²) in [4.78, 5) is 0. The van der Waals surface area contributed by atoms with Crippen LogP contribution in [0.25, 0.3) is 12.2 Å². The SMILES string of the molecule is [CH2]=[Zr+2]([C]1=Cc2ccccc2[C@@H]1C)[C]1=Cc2ccccc2[C@H]1C.[Cl-].[Cl-]. The molecule has 0 saturated carbocycles. The quantitative estimate of drug-likeness (QED) is 0.590. The molecule has 0 aromatic heterocycles. The third-order valence-electron chi connectivity index (χ3n) is 5.18. The number of allylic oxidation sites excluding steroid dienone is 2. The van der Waals surface area contributed by atoms with Crippen LogP contribution in [0.4, 0.5) is 0 Å². The molecule has 4 rings (SSSR count). The van der Waals surface area contributed by atoms with Gasteiger partial charge in [0.1, 0.15) is 0 Å². The number of hydrogen-bond acceptors (Lipinski definition) is 0. The van der Waals surface area contributed by atoms with Crippen LogP contribution in [0.15, 0.2) is 55.1 Å². The van der Waals surface area contributed by atoms with Crippen molar-refractivity contribution in [2.75, 3.05) is 0 Å². The van der Waals surface area contributed by atoms with E-state index >= 15 is 0 Å². The maximum Gasteiger partial charge on any atom is -1.00 e. The summed E-state index contributed by atoms with van der Waals surface area (Å²) in [5, 5.41) is 0. The van der Waals surface area contributed by atoms with Crippen LogP contribution in [0, 0.1) is 0 Å². The molecular formula is C21H20Cl2Zr. The fourth-order valence-corrected chi connectivity index (χ4v) is 9.63. The summed E-state index contributed by atoms with van der Waals surface area (Å²) in [6, 6.07) is 17.7. The molecule has 24 heavy (non-hydrogen) atoms. The Hall–Kier alpha value is -0.747. The molecule has 0 nitrogen and oxygen atoms in total. The molecule has 2 aromatic carbocycles. The fourth-order valence-electron chi connectivity index (χ4n) is 3.86. The normalized spacial score (nSPS) is 19.7. The summed E-state index contributed by atoms with van der Waals surface area (Å²) < 4.78 is 8.02. The molecule has 2 aliphatic rings. The Morgan fingerprint density at radius 3 is 1.46 bits per heavy atom. The minimum atomic E-state index is -1.98. The minimum Gasteiger partial charge on any atom is -1.00 e. The van der Waals surface area contributed by atoms with Crippen LogP contribution < -0.4 is 24.8 Å². The van der Waals surface area contributed by atoms with E-state index in [0.717, 1.165) is 0 Å². The number of fused-ring (bicyclic) bond motifs is 2. The van der Waals surface area contributed by atoms with E-state index in [1.807, 2.05) is 0 Å². The third kappa shape index (κ3) is 3.07. The Morgan fingerprint density at radius 2 is 1.08 bits per heavy atom. The van der Waals surface area contributed by atoms with E-state index < -0.39 is 21.3 Å². The van der Waals surface area contributed by atoms with E-state index in [-0.39, 0.29) is 24.8 Å². The molecular weight excluding hydrogens is 414 g/mol. The zero-order valence-electron chi connectivity index (χ0n) is 13.9. The smallest absolute Gasteiger partial charge is 1.00 e. The van der Waals surface area contributed by atoms with Crippen molar-refractivity contribution >= 4 is 16.4 Å². The van der Waals surface area contributed by atoms with E-state index in [1.165, 1.54) is 22.3 Å². The maximum atomic E-state index is 4.73. The van der Waals surface area contributed by atoms with Gasteiger partial charge < -0.3 is 24.8 Å². The van der Waals surface area contributed by atoms with Crippen molar-refractivity contribution in [2.24, 2.45) is 0 Å². The van der Waals surface area contributed by atoms with Crippen LogP contribution >= 0.6 is 0 Å². The Kier molecular flexibility index (Phi) is 6.24. The fraction of sp³-hybridized carbons (Fsp3) is 0.190. The van der Waals surface area contributed by atoms with E-state index in [0.29, 0.717) is 11.8 Å². The summed E-state index contributed by atoms with van der Waals surface area (Å²) in [6.07, 6.45) is 4.89. The molecule has 2 atom stereocenters. The van der Waals surface area contributed by atoms with E-state index in [1.54, 1.807) is 6.56 Å². The van der Waals surface area contributed by atoms with Gasteiger partial charge in [-0.3, -0.25) is 0 Å². The molecule has 0 bridgehead atoms. The van der Waals surface area contributed by atoms with Gasteiger partial charge in [0.25, 0.3) is 0 Å². The van der Waals surface area contributed by atoms with Crippen LogP contribution in [0.5, 0.6) is 0 Å². The second-order valence-corrected chi connectivity index (χ2v) is 11.6. The van der Waals surface area contributed by atoms with Crippen molar-refractivity contribution in [3.63, 3.8) is 0 Å². The first-order chi connectivity index (χ1) is 10.7. The zero-order chi connectivity index (χ0) is 15.3. The van der Waals surface area contributed by atoms with Crippen LogP contribution in [0.2, 0.25) is 0 Å². The monoisotopic (exact) mass is 432 g/mol. The van der Waals surface area contributed by atoms with Gasteiger partial charge >= 0.3 is 141 Å². The molecule has 122 valence electrons. The first-order valence-corrected chi connectivity index (χ1v) is 12.2. The first-order valence-electron chi connectivity index (χ1n) is 7.97. The summed E-state index contributed by atoms with van der Waals surface area (Å²) in [6.45, 7) is 4.72. The molecule has 0 spiro atoms. The number of halogens is 2. The molecule has 0 unspecified atom stereocenters. The van der Waals surface area contributed by atoms with Crippen LogP contribution in [0.1, 0.15) is 47.9 Å². The summed E-state index contributed by atoms with van der Waals surface area (Å²) in [5.74, 6) is 1.11. The van der Waals surface area contributed by atoms with Crippen molar-refractivity contribution in [3.8, 4) is 0 Å². The molecule has 0 saturated heterocycles. The average Bonchev–Trinajstić information content (AvgIpc) is 3.06. The second-order valence-electron chi connectivity index (χ2n) is 6.38. The molecule has 2 aliphatic carbocycles. The Balaban J connectivity index is 0.00000104. The summed E-state index contributed by atoms with van der Waals surface area (Å²) >= 11 is -1.98. The Bertz CT molecular complexity index is 779. The van der Waals surface area contributed by atoms with Gasteiger partial charge in [-0.05, 0) is 0 Å². The molecule has 2 aromatic rings. The zero-order valence-corrected chi connectivity index (χ0v) is 17.9. The van der Waals surface area contributed by atoms with Gasteiger partial charge in [-0.15, -0.1) is 0 Å². The number of rotatable bonds is 2. The van der Waals surface area contributed by atoms with Crippen molar-refractivity contribution < 1.29 is 46.1 Å². The predicted molar refractivity (Wildman–Crippen MR) is 92.8 cm³/mol. The third-order valence-corrected chi connectivity index (χ3v) is 11.4. The van der Waals surface area contributed by atoms with Crippen molar-refractivity contribution in [3.05, 3.63) is 77.3 Å². The maximum absolute atomic E-state index is 4.73. The summed E-state index contributed by atoms with van der Waals surface area (Å²) in [7, 11) is 0. The second kappa shape index (κ2) is 7.65. The van der Waals surface area contributed by atoms with Gasteiger partial charge in [0.05, 0.1) is 0 Å². The molecule has 0 radical (unpaired) electrons. The van der Waals surface area contributed by atoms with Crippen LogP contribution in [-0.2, 0) is 21.3 Å². The number of benzene rings is 2. The van der Waals surface area contributed by atoms with Gasteiger partial charge in [0.15, 0.2) is 0 Å². The van der Waals surface area contributed by atoms with Gasteiger partial charge in [-0.1, -0.05) is 0 Å².